The number of carbonyl (C=O) groups is 1. The fourth-order valence-electron chi connectivity index (χ4n) is 1.51. The minimum Gasteiger partial charge on any atom is -0.481 e. The van der Waals surface area contributed by atoms with Gasteiger partial charge in [-0.25, -0.2) is 0 Å². The van der Waals surface area contributed by atoms with Crippen molar-refractivity contribution in [2.75, 3.05) is 6.61 Å². The van der Waals surface area contributed by atoms with Gasteiger partial charge in [-0.15, -0.1) is 0 Å². The van der Waals surface area contributed by atoms with Gasteiger partial charge in [-0.1, -0.05) is 33.1 Å². The summed E-state index contributed by atoms with van der Waals surface area (Å²) in [5, 5.41) is 9.05. The molecule has 90 valence electrons. The van der Waals surface area contributed by atoms with Crippen LogP contribution in [-0.2, 0) is 9.53 Å². The Kier molecular flexibility index (Phi) is 8.38. The highest BCUT2D eigenvalue weighted by Crippen LogP contribution is 2.16. The molecule has 0 amide bonds. The van der Waals surface area contributed by atoms with Crippen molar-refractivity contribution in [1.82, 2.24) is 0 Å². The van der Waals surface area contributed by atoms with Crippen molar-refractivity contribution in [3.8, 4) is 0 Å². The van der Waals surface area contributed by atoms with Gasteiger partial charge in [0.25, 0.3) is 0 Å². The summed E-state index contributed by atoms with van der Waals surface area (Å²) in [6.45, 7) is 6.71. The SMILES string of the molecule is CCCCOC(C)C(CCCC)C(=O)O. The largest absolute Gasteiger partial charge is 0.481 e. The van der Waals surface area contributed by atoms with Crippen LogP contribution < -0.4 is 0 Å². The van der Waals surface area contributed by atoms with Gasteiger partial charge in [-0.2, -0.15) is 0 Å². The lowest BCUT2D eigenvalue weighted by Crippen LogP contribution is -2.28. The van der Waals surface area contributed by atoms with Crippen LogP contribution in [0.25, 0.3) is 0 Å². The molecule has 2 atom stereocenters. The van der Waals surface area contributed by atoms with E-state index in [4.69, 9.17) is 9.84 Å². The molecular formula is C12H24O3. The van der Waals surface area contributed by atoms with E-state index in [-0.39, 0.29) is 12.0 Å². The molecule has 0 bridgehead atoms. The molecule has 0 heterocycles. The zero-order valence-corrected chi connectivity index (χ0v) is 10.2. The third-order valence-electron chi connectivity index (χ3n) is 2.63. The van der Waals surface area contributed by atoms with Crippen LogP contribution in [0.2, 0.25) is 0 Å². The average molecular weight is 216 g/mol. The van der Waals surface area contributed by atoms with Crippen molar-refractivity contribution in [3.05, 3.63) is 0 Å². The maximum Gasteiger partial charge on any atom is 0.309 e. The number of ether oxygens (including phenoxy) is 1. The van der Waals surface area contributed by atoms with Gasteiger partial charge in [0.2, 0.25) is 0 Å². The summed E-state index contributed by atoms with van der Waals surface area (Å²) in [6.07, 6.45) is 4.63. The molecule has 0 spiro atoms. The zero-order chi connectivity index (χ0) is 11.7. The number of rotatable bonds is 9. The van der Waals surface area contributed by atoms with E-state index < -0.39 is 5.97 Å². The maximum atomic E-state index is 11.0. The van der Waals surface area contributed by atoms with Crippen LogP contribution in [0.4, 0.5) is 0 Å². The zero-order valence-electron chi connectivity index (χ0n) is 10.2. The fourth-order valence-corrected chi connectivity index (χ4v) is 1.51. The second-order valence-corrected chi connectivity index (χ2v) is 4.02. The van der Waals surface area contributed by atoms with E-state index in [2.05, 4.69) is 13.8 Å². The molecule has 1 N–H and O–H groups in total. The first-order valence-corrected chi connectivity index (χ1v) is 5.97. The Balaban J connectivity index is 3.93. The van der Waals surface area contributed by atoms with Crippen molar-refractivity contribution >= 4 is 5.97 Å². The molecule has 0 aliphatic heterocycles. The van der Waals surface area contributed by atoms with Gasteiger partial charge in [0, 0.05) is 6.61 Å². The third kappa shape index (κ3) is 6.50. The van der Waals surface area contributed by atoms with Crippen LogP contribution in [0, 0.1) is 5.92 Å². The van der Waals surface area contributed by atoms with Gasteiger partial charge in [0.1, 0.15) is 0 Å². The van der Waals surface area contributed by atoms with Gasteiger partial charge in [0.15, 0.2) is 0 Å². The van der Waals surface area contributed by atoms with Crippen LogP contribution in [0.3, 0.4) is 0 Å². The third-order valence-corrected chi connectivity index (χ3v) is 2.63. The van der Waals surface area contributed by atoms with E-state index in [0.717, 1.165) is 32.1 Å². The number of carboxylic acids is 1. The average Bonchev–Trinajstić information content (AvgIpc) is 2.18. The minimum atomic E-state index is -0.729. The molecule has 2 unspecified atom stereocenters. The highest BCUT2D eigenvalue weighted by atomic mass is 16.5. The summed E-state index contributed by atoms with van der Waals surface area (Å²) in [5.41, 5.74) is 0. The molecule has 0 saturated carbocycles. The first-order valence-electron chi connectivity index (χ1n) is 5.97. The molecule has 3 heteroatoms. The molecule has 0 aromatic heterocycles. The number of hydrogen-bond donors (Lipinski definition) is 1. The lowest BCUT2D eigenvalue weighted by Gasteiger charge is -2.20. The van der Waals surface area contributed by atoms with E-state index in [9.17, 15) is 4.79 Å². The molecular weight excluding hydrogens is 192 g/mol. The summed E-state index contributed by atoms with van der Waals surface area (Å²) < 4.78 is 5.52. The maximum absolute atomic E-state index is 11.0. The monoisotopic (exact) mass is 216 g/mol. The standard InChI is InChI=1S/C12H24O3/c1-4-6-8-11(12(13)14)10(3)15-9-7-5-2/h10-11H,4-9H2,1-3H3,(H,13,14). The van der Waals surface area contributed by atoms with Crippen LogP contribution in [0.15, 0.2) is 0 Å². The summed E-state index contributed by atoms with van der Waals surface area (Å²) in [7, 11) is 0. The Morgan fingerprint density at radius 3 is 2.33 bits per heavy atom. The molecule has 0 aliphatic rings. The highest BCUT2D eigenvalue weighted by molar-refractivity contribution is 5.70. The topological polar surface area (TPSA) is 46.5 Å². The Morgan fingerprint density at radius 2 is 1.87 bits per heavy atom. The van der Waals surface area contributed by atoms with Gasteiger partial charge in [-0.05, 0) is 19.8 Å². The predicted molar refractivity (Wildman–Crippen MR) is 61.0 cm³/mol. The smallest absolute Gasteiger partial charge is 0.309 e. The molecule has 15 heavy (non-hydrogen) atoms. The quantitative estimate of drug-likeness (QED) is 0.602. The second-order valence-electron chi connectivity index (χ2n) is 4.02. The Morgan fingerprint density at radius 1 is 1.27 bits per heavy atom. The van der Waals surface area contributed by atoms with Crippen molar-refractivity contribution < 1.29 is 14.6 Å². The number of hydrogen-bond acceptors (Lipinski definition) is 2. The van der Waals surface area contributed by atoms with Gasteiger partial charge in [0.05, 0.1) is 12.0 Å². The molecule has 0 radical (unpaired) electrons. The Bertz CT molecular complexity index is 168. The minimum absolute atomic E-state index is 0.166. The molecule has 0 fully saturated rings. The summed E-state index contributed by atoms with van der Waals surface area (Å²) in [4.78, 5) is 11.0. The number of aliphatic carboxylic acids is 1. The lowest BCUT2D eigenvalue weighted by molar-refractivity contribution is -0.147. The number of unbranched alkanes of at least 4 members (excludes halogenated alkanes) is 2. The Labute approximate surface area is 92.8 Å². The second kappa shape index (κ2) is 8.72. The summed E-state index contributed by atoms with van der Waals surface area (Å²) >= 11 is 0. The summed E-state index contributed by atoms with van der Waals surface area (Å²) in [6, 6.07) is 0. The van der Waals surface area contributed by atoms with Crippen LogP contribution in [0.1, 0.15) is 52.9 Å². The molecule has 0 aromatic rings. The van der Waals surface area contributed by atoms with Crippen LogP contribution >= 0.6 is 0 Å². The van der Waals surface area contributed by atoms with E-state index in [1.165, 1.54) is 0 Å². The number of carboxylic acid groups (broad SMARTS) is 1. The van der Waals surface area contributed by atoms with Crippen molar-refractivity contribution in [3.63, 3.8) is 0 Å². The van der Waals surface area contributed by atoms with Gasteiger partial charge in [-0.3, -0.25) is 4.79 Å². The van der Waals surface area contributed by atoms with E-state index >= 15 is 0 Å². The van der Waals surface area contributed by atoms with Crippen molar-refractivity contribution in [2.45, 2.75) is 59.0 Å². The lowest BCUT2D eigenvalue weighted by atomic mass is 9.97. The highest BCUT2D eigenvalue weighted by Gasteiger charge is 2.24. The van der Waals surface area contributed by atoms with Gasteiger partial charge < -0.3 is 9.84 Å². The van der Waals surface area contributed by atoms with Crippen molar-refractivity contribution in [1.29, 1.82) is 0 Å². The predicted octanol–water partition coefficient (Wildman–Crippen LogP) is 3.08. The molecule has 0 rings (SSSR count). The van der Waals surface area contributed by atoms with Crippen molar-refractivity contribution in [2.24, 2.45) is 5.92 Å². The molecule has 0 aromatic carbocycles. The van der Waals surface area contributed by atoms with E-state index in [1.54, 1.807) is 0 Å². The molecule has 3 nitrogen and oxygen atoms in total. The van der Waals surface area contributed by atoms with E-state index in [0.29, 0.717) is 6.61 Å². The normalized spacial score (nSPS) is 14.9. The molecule has 0 saturated heterocycles. The first kappa shape index (κ1) is 14.4. The fraction of sp³-hybridized carbons (Fsp3) is 0.917. The van der Waals surface area contributed by atoms with Gasteiger partial charge >= 0.3 is 5.97 Å². The first-order chi connectivity index (χ1) is 7.13. The van der Waals surface area contributed by atoms with Crippen LogP contribution in [-0.4, -0.2) is 23.8 Å². The molecule has 0 aliphatic carbocycles. The summed E-state index contributed by atoms with van der Waals surface area (Å²) in [5.74, 6) is -1.07. The Hall–Kier alpha value is -0.570. The van der Waals surface area contributed by atoms with Crippen LogP contribution in [0.5, 0.6) is 0 Å². The van der Waals surface area contributed by atoms with E-state index in [1.807, 2.05) is 6.92 Å².